The first kappa shape index (κ1) is 38.3. The fourth-order valence-corrected chi connectivity index (χ4v) is 9.25. The van der Waals surface area contributed by atoms with Crippen molar-refractivity contribution in [3.05, 3.63) is 84.1 Å². The lowest BCUT2D eigenvalue weighted by molar-refractivity contribution is -0.120. The molecule has 4 aliphatic rings. The third-order valence-electron chi connectivity index (χ3n) is 12.6. The smallest absolute Gasteiger partial charge is 0.329 e. The molecule has 59 heavy (non-hydrogen) atoms. The van der Waals surface area contributed by atoms with Gasteiger partial charge in [-0.1, -0.05) is 0 Å². The van der Waals surface area contributed by atoms with Gasteiger partial charge in [0, 0.05) is 106 Å². The number of nitriles is 1. The van der Waals surface area contributed by atoms with Crippen molar-refractivity contribution in [2.75, 3.05) is 67.1 Å². The first-order valence-corrected chi connectivity index (χ1v) is 21.0. The molecule has 3 aliphatic heterocycles. The number of nitrogens with one attached hydrogen (secondary N) is 2. The van der Waals surface area contributed by atoms with Gasteiger partial charge in [0.15, 0.2) is 5.82 Å². The van der Waals surface area contributed by atoms with Crippen LogP contribution in [-0.4, -0.2) is 102 Å². The molecule has 2 N–H and O–H groups in total. The van der Waals surface area contributed by atoms with Crippen LogP contribution in [0, 0.1) is 17.2 Å². The molecule has 0 radical (unpaired) electrons. The van der Waals surface area contributed by atoms with E-state index in [1.807, 2.05) is 48.1 Å². The third kappa shape index (κ3) is 8.12. The molecule has 3 saturated heterocycles. The quantitative estimate of drug-likeness (QED) is 0.193. The maximum absolute atomic E-state index is 13.2. The minimum atomic E-state index is -0.421. The number of nitrogens with zero attached hydrogens (tertiary/aromatic N) is 8. The van der Waals surface area contributed by atoms with Crippen molar-refractivity contribution in [3.63, 3.8) is 0 Å². The molecule has 5 aromatic rings. The summed E-state index contributed by atoms with van der Waals surface area (Å²) >= 11 is 0. The number of benzene rings is 3. The molecule has 0 unspecified atom stereocenters. The van der Waals surface area contributed by atoms with E-state index in [4.69, 9.17) is 4.74 Å². The topological polar surface area (TPSA) is 152 Å². The highest BCUT2D eigenvalue weighted by atomic mass is 16.5. The SMILES string of the molecule is Cn1nc(N2CCC(=O)NC2=O)c2ccc(N3CCN(CC4CCN(c5ccc(C(=O)NC6CCC(Oc7ccc(C#N)c8ncccc78)CC6)cc5)CC4)CC3)cc21. The van der Waals surface area contributed by atoms with E-state index in [0.717, 1.165) is 112 Å². The number of hydrogen-bond acceptors (Lipinski definition) is 10. The zero-order valence-electron chi connectivity index (χ0n) is 33.5. The molecule has 1 saturated carbocycles. The Hall–Kier alpha value is -6.20. The van der Waals surface area contributed by atoms with Gasteiger partial charge in [-0.2, -0.15) is 10.4 Å². The van der Waals surface area contributed by atoms with Gasteiger partial charge in [0.25, 0.3) is 5.91 Å². The van der Waals surface area contributed by atoms with Crippen molar-refractivity contribution in [1.82, 2.24) is 30.3 Å². The number of ether oxygens (including phenoxy) is 1. The van der Waals surface area contributed by atoms with E-state index in [2.05, 4.69) is 65.8 Å². The van der Waals surface area contributed by atoms with Crippen molar-refractivity contribution in [3.8, 4) is 11.8 Å². The molecule has 0 bridgehead atoms. The van der Waals surface area contributed by atoms with Crippen LogP contribution in [0.15, 0.2) is 72.9 Å². The first-order valence-electron chi connectivity index (χ1n) is 21.0. The van der Waals surface area contributed by atoms with Crippen LogP contribution in [0.4, 0.5) is 22.0 Å². The number of anilines is 3. The number of amides is 4. The summed E-state index contributed by atoms with van der Waals surface area (Å²) in [4.78, 5) is 50.8. The van der Waals surface area contributed by atoms with E-state index in [-0.39, 0.29) is 30.4 Å². The predicted molar refractivity (Wildman–Crippen MR) is 227 cm³/mol. The second kappa shape index (κ2) is 16.6. The summed E-state index contributed by atoms with van der Waals surface area (Å²) in [6.45, 7) is 7.41. The Kier molecular flexibility index (Phi) is 10.8. The lowest BCUT2D eigenvalue weighted by Gasteiger charge is -2.40. The average molecular weight is 795 g/mol. The Morgan fingerprint density at radius 3 is 2.36 bits per heavy atom. The summed E-state index contributed by atoms with van der Waals surface area (Å²) in [6, 6.07) is 23.8. The number of carbonyl (C=O) groups excluding carboxylic acids is 3. The monoisotopic (exact) mass is 794 g/mol. The Labute approximate surface area is 343 Å². The van der Waals surface area contributed by atoms with Crippen LogP contribution in [-0.2, 0) is 11.8 Å². The van der Waals surface area contributed by atoms with Crippen molar-refractivity contribution < 1.29 is 19.1 Å². The summed E-state index contributed by atoms with van der Waals surface area (Å²) in [5.41, 5.74) is 5.18. The van der Waals surface area contributed by atoms with Crippen LogP contribution >= 0.6 is 0 Å². The summed E-state index contributed by atoms with van der Waals surface area (Å²) in [5.74, 6) is 1.72. The molecule has 1 aliphatic carbocycles. The fourth-order valence-electron chi connectivity index (χ4n) is 9.25. The van der Waals surface area contributed by atoms with E-state index >= 15 is 0 Å². The average Bonchev–Trinajstić information content (AvgIpc) is 3.59. The molecule has 304 valence electrons. The highest BCUT2D eigenvalue weighted by molar-refractivity contribution is 6.09. The van der Waals surface area contributed by atoms with Crippen LogP contribution in [0.2, 0.25) is 0 Å². The number of carbonyl (C=O) groups is 3. The Morgan fingerprint density at radius 2 is 1.61 bits per heavy atom. The molecule has 4 fully saturated rings. The normalized spacial score (nSPS) is 20.8. The Bertz CT molecular complexity index is 2400. The molecule has 0 spiro atoms. The number of rotatable bonds is 9. The van der Waals surface area contributed by atoms with Crippen LogP contribution < -0.4 is 30.1 Å². The maximum Gasteiger partial charge on any atom is 0.329 e. The predicted octanol–water partition coefficient (Wildman–Crippen LogP) is 5.60. The number of aromatic nitrogens is 3. The van der Waals surface area contributed by atoms with Gasteiger partial charge >= 0.3 is 6.03 Å². The maximum atomic E-state index is 13.2. The highest BCUT2D eigenvalue weighted by Crippen LogP contribution is 2.33. The van der Waals surface area contributed by atoms with Crippen LogP contribution in [0.5, 0.6) is 5.75 Å². The number of urea groups is 1. The van der Waals surface area contributed by atoms with E-state index in [1.165, 1.54) is 5.69 Å². The minimum Gasteiger partial charge on any atom is -0.490 e. The van der Waals surface area contributed by atoms with E-state index in [1.54, 1.807) is 17.2 Å². The second-order valence-corrected chi connectivity index (χ2v) is 16.4. The molecule has 3 aromatic carbocycles. The third-order valence-corrected chi connectivity index (χ3v) is 12.6. The van der Waals surface area contributed by atoms with Gasteiger partial charge < -0.3 is 19.9 Å². The molecule has 5 heterocycles. The van der Waals surface area contributed by atoms with Gasteiger partial charge in [0.05, 0.1) is 22.7 Å². The molecular weight excluding hydrogens is 745 g/mol. The number of piperazine rings is 1. The number of fused-ring (bicyclic) bond motifs is 2. The number of pyridine rings is 1. The Morgan fingerprint density at radius 1 is 0.864 bits per heavy atom. The standard InChI is InChI=1S/C45H50N10O4/c1-51-39-27-35(11-14-37(39)43(50-51)55-22-18-41(56)49-45(55)58)54-25-23-52(24-26-54)29-30-16-20-53(21-17-30)34-9-4-31(5-10-34)44(57)48-33-7-12-36(13-8-33)59-40-15-6-32(28-46)42-38(40)3-2-19-47-42/h2-6,9-11,14-15,19,27,30,33,36H,7-8,12-13,16-18,20-26,29H2,1H3,(H,48,57)(H,49,56,58). The van der Waals surface area contributed by atoms with Crippen molar-refractivity contribution in [1.29, 1.82) is 5.26 Å². The van der Waals surface area contributed by atoms with Gasteiger partial charge in [-0.3, -0.25) is 34.4 Å². The summed E-state index contributed by atoms with van der Waals surface area (Å²) in [5, 5.41) is 21.5. The Balaban J connectivity index is 0.705. The van der Waals surface area contributed by atoms with Gasteiger partial charge in [-0.15, -0.1) is 0 Å². The fraction of sp³-hybridized carbons (Fsp3) is 0.422. The highest BCUT2D eigenvalue weighted by Gasteiger charge is 2.30. The number of piperidine rings is 1. The van der Waals surface area contributed by atoms with Gasteiger partial charge in [0.1, 0.15) is 11.8 Å². The molecule has 14 heteroatoms. The van der Waals surface area contributed by atoms with Crippen molar-refractivity contribution in [2.45, 2.75) is 57.1 Å². The summed E-state index contributed by atoms with van der Waals surface area (Å²) in [6.07, 6.45) is 7.70. The molecule has 4 amide bonds. The lowest BCUT2D eigenvalue weighted by atomic mass is 9.92. The van der Waals surface area contributed by atoms with Gasteiger partial charge in [0.2, 0.25) is 5.91 Å². The van der Waals surface area contributed by atoms with Gasteiger partial charge in [-0.05, 0) is 111 Å². The summed E-state index contributed by atoms with van der Waals surface area (Å²) in [7, 11) is 1.89. The van der Waals surface area contributed by atoms with E-state index < -0.39 is 6.03 Å². The first-order chi connectivity index (χ1) is 28.8. The second-order valence-electron chi connectivity index (χ2n) is 16.4. The largest absolute Gasteiger partial charge is 0.490 e. The van der Waals surface area contributed by atoms with Gasteiger partial charge in [-0.25, -0.2) is 4.79 Å². The van der Waals surface area contributed by atoms with Crippen LogP contribution in [0.1, 0.15) is 60.9 Å². The van der Waals surface area contributed by atoms with E-state index in [9.17, 15) is 19.6 Å². The number of aryl methyl sites for hydroxylation is 1. The molecule has 9 rings (SSSR count). The summed E-state index contributed by atoms with van der Waals surface area (Å²) < 4.78 is 8.20. The van der Waals surface area contributed by atoms with Crippen molar-refractivity contribution >= 4 is 56.8 Å². The molecule has 14 nitrogen and oxygen atoms in total. The van der Waals surface area contributed by atoms with Crippen LogP contribution in [0.3, 0.4) is 0 Å². The number of hydrogen-bond donors (Lipinski definition) is 2. The zero-order chi connectivity index (χ0) is 40.5. The van der Waals surface area contributed by atoms with Crippen LogP contribution in [0.25, 0.3) is 21.8 Å². The van der Waals surface area contributed by atoms with E-state index in [0.29, 0.717) is 34.9 Å². The number of imide groups is 1. The molecular formula is C45H50N10O4. The molecule has 2 aromatic heterocycles. The van der Waals surface area contributed by atoms with Crippen molar-refractivity contribution in [2.24, 2.45) is 13.0 Å². The molecule has 0 atom stereocenters. The minimum absolute atomic E-state index is 0.0291. The zero-order valence-corrected chi connectivity index (χ0v) is 33.5. The lowest BCUT2D eigenvalue weighted by Crippen LogP contribution is -2.49.